The molecular formula is C4H6BaO6. The van der Waals surface area contributed by atoms with Crippen molar-refractivity contribution in [3.63, 3.8) is 0 Å². The van der Waals surface area contributed by atoms with Gasteiger partial charge in [0.15, 0.2) is 12.2 Å². The smallest absolute Gasteiger partial charge is 0.335 e. The van der Waals surface area contributed by atoms with Crippen LogP contribution in [0.15, 0.2) is 0 Å². The molecule has 6 nitrogen and oxygen atoms in total. The van der Waals surface area contributed by atoms with E-state index in [4.69, 9.17) is 20.4 Å². The molecule has 0 aromatic carbocycles. The molecule has 4 N–H and O–H groups in total. The minimum atomic E-state index is -2.27. The van der Waals surface area contributed by atoms with Gasteiger partial charge in [0.1, 0.15) is 0 Å². The van der Waals surface area contributed by atoms with Gasteiger partial charge in [0.2, 0.25) is 0 Å². The van der Waals surface area contributed by atoms with Crippen LogP contribution >= 0.6 is 0 Å². The third-order valence-electron chi connectivity index (χ3n) is 0.805. The van der Waals surface area contributed by atoms with E-state index in [1.165, 1.54) is 0 Å². The molecular weight excluding hydrogens is 281 g/mol. The third-order valence-corrected chi connectivity index (χ3v) is 0.805. The molecule has 11 heavy (non-hydrogen) atoms. The topological polar surface area (TPSA) is 115 Å². The van der Waals surface area contributed by atoms with Crippen molar-refractivity contribution in [1.29, 1.82) is 0 Å². The summed E-state index contributed by atoms with van der Waals surface area (Å²) in [5.41, 5.74) is 0. The van der Waals surface area contributed by atoms with Crippen LogP contribution < -0.4 is 0 Å². The van der Waals surface area contributed by atoms with Crippen LogP contribution in [0.2, 0.25) is 0 Å². The van der Waals surface area contributed by atoms with Gasteiger partial charge in [0.25, 0.3) is 0 Å². The van der Waals surface area contributed by atoms with Gasteiger partial charge in [-0.3, -0.25) is 0 Å². The van der Waals surface area contributed by atoms with Crippen LogP contribution in [0.3, 0.4) is 0 Å². The second-order valence-corrected chi connectivity index (χ2v) is 1.57. The van der Waals surface area contributed by atoms with Crippen molar-refractivity contribution in [1.82, 2.24) is 0 Å². The van der Waals surface area contributed by atoms with E-state index in [2.05, 4.69) is 0 Å². The summed E-state index contributed by atoms with van der Waals surface area (Å²) in [5, 5.41) is 32.5. The van der Waals surface area contributed by atoms with Crippen LogP contribution in [0, 0.1) is 0 Å². The first kappa shape index (κ1) is 14.0. The van der Waals surface area contributed by atoms with E-state index >= 15 is 0 Å². The minimum absolute atomic E-state index is 0. The molecule has 0 aromatic heterocycles. The van der Waals surface area contributed by atoms with Crippen molar-refractivity contribution in [3.8, 4) is 0 Å². The average molecular weight is 287 g/mol. The van der Waals surface area contributed by atoms with E-state index in [1.54, 1.807) is 0 Å². The Morgan fingerprint density at radius 3 is 1.18 bits per heavy atom. The summed E-state index contributed by atoms with van der Waals surface area (Å²) in [6, 6.07) is 0. The second-order valence-electron chi connectivity index (χ2n) is 1.57. The molecule has 0 fully saturated rings. The van der Waals surface area contributed by atoms with Crippen molar-refractivity contribution in [2.45, 2.75) is 12.2 Å². The Bertz CT molecular complexity index is 139. The zero-order chi connectivity index (χ0) is 8.31. The van der Waals surface area contributed by atoms with Gasteiger partial charge < -0.3 is 20.4 Å². The molecule has 0 spiro atoms. The summed E-state index contributed by atoms with van der Waals surface area (Å²) in [5.74, 6) is -3.54. The monoisotopic (exact) mass is 288 g/mol. The first-order valence-electron chi connectivity index (χ1n) is 2.28. The second kappa shape index (κ2) is 6.00. The zero-order valence-corrected chi connectivity index (χ0v) is 9.91. The van der Waals surface area contributed by atoms with E-state index in [0.717, 1.165) is 0 Å². The number of aliphatic hydroxyl groups excluding tert-OH is 2. The Hall–Kier alpha value is 0.431. The number of carboxylic acid groups (broad SMARTS) is 2. The molecule has 0 aliphatic heterocycles. The van der Waals surface area contributed by atoms with Gasteiger partial charge in [-0.25, -0.2) is 9.59 Å². The summed E-state index contributed by atoms with van der Waals surface area (Å²) in [4.78, 5) is 19.5. The molecule has 2 atom stereocenters. The summed E-state index contributed by atoms with van der Waals surface area (Å²) in [6.45, 7) is 0. The summed E-state index contributed by atoms with van der Waals surface area (Å²) < 4.78 is 0. The molecule has 0 heterocycles. The number of hydrogen-bond acceptors (Lipinski definition) is 4. The van der Waals surface area contributed by atoms with Crippen LogP contribution in [0.4, 0.5) is 0 Å². The molecule has 0 unspecified atom stereocenters. The molecule has 0 saturated heterocycles. The molecule has 0 bridgehead atoms. The first-order valence-corrected chi connectivity index (χ1v) is 2.28. The van der Waals surface area contributed by atoms with Gasteiger partial charge in [0, 0.05) is 48.9 Å². The zero-order valence-electron chi connectivity index (χ0n) is 5.47. The van der Waals surface area contributed by atoms with Crippen molar-refractivity contribution >= 4 is 60.8 Å². The summed E-state index contributed by atoms with van der Waals surface area (Å²) >= 11 is 0. The van der Waals surface area contributed by atoms with Gasteiger partial charge in [-0.15, -0.1) is 0 Å². The van der Waals surface area contributed by atoms with Gasteiger partial charge in [-0.2, -0.15) is 0 Å². The Balaban J connectivity index is 0. The molecule has 0 aromatic rings. The quantitative estimate of drug-likeness (QED) is 0.427. The molecule has 0 aliphatic rings. The molecule has 0 aliphatic carbocycles. The number of carbonyl (C=O) groups is 2. The Kier molecular flexibility index (Phi) is 7.63. The number of carboxylic acids is 2. The number of aliphatic hydroxyl groups is 2. The van der Waals surface area contributed by atoms with Crippen molar-refractivity contribution in [2.24, 2.45) is 0 Å². The fourth-order valence-electron chi connectivity index (χ4n) is 0.270. The SMILES string of the molecule is O=C(O)[C@H](O)[C@@H](O)C(=O)O.[Ba]. The van der Waals surface area contributed by atoms with Gasteiger partial charge in [0.05, 0.1) is 0 Å². The first-order chi connectivity index (χ1) is 4.46. The maximum absolute atomic E-state index is 9.77. The van der Waals surface area contributed by atoms with Crippen LogP contribution in [0.1, 0.15) is 0 Å². The van der Waals surface area contributed by atoms with Crippen molar-refractivity contribution in [3.05, 3.63) is 0 Å². The third kappa shape index (κ3) is 4.80. The van der Waals surface area contributed by atoms with Gasteiger partial charge in [-0.05, 0) is 0 Å². The molecule has 7 heteroatoms. The van der Waals surface area contributed by atoms with Gasteiger partial charge in [-0.1, -0.05) is 0 Å². The Labute approximate surface area is 102 Å². The Morgan fingerprint density at radius 1 is 0.909 bits per heavy atom. The minimum Gasteiger partial charge on any atom is -0.479 e. The molecule has 2 radical (unpaired) electrons. The normalized spacial score (nSPS) is 14.4. The predicted octanol–water partition coefficient (Wildman–Crippen LogP) is -2.50. The van der Waals surface area contributed by atoms with Crippen LogP contribution in [0.25, 0.3) is 0 Å². The number of rotatable bonds is 3. The summed E-state index contributed by atoms with van der Waals surface area (Å²) in [6.07, 6.45) is -4.53. The van der Waals surface area contributed by atoms with Crippen molar-refractivity contribution in [2.75, 3.05) is 0 Å². The van der Waals surface area contributed by atoms with Crippen LogP contribution in [-0.2, 0) is 9.59 Å². The van der Waals surface area contributed by atoms with E-state index in [9.17, 15) is 9.59 Å². The molecule has 0 saturated carbocycles. The molecule has 0 rings (SSSR count). The van der Waals surface area contributed by atoms with E-state index in [-0.39, 0.29) is 48.9 Å². The van der Waals surface area contributed by atoms with Crippen LogP contribution in [0.5, 0.6) is 0 Å². The summed E-state index contributed by atoms with van der Waals surface area (Å²) in [7, 11) is 0. The average Bonchev–Trinajstić information content (AvgIpc) is 1.84. The fraction of sp³-hybridized carbons (Fsp3) is 0.500. The molecule has 60 valence electrons. The van der Waals surface area contributed by atoms with E-state index in [1.807, 2.05) is 0 Å². The van der Waals surface area contributed by atoms with Crippen LogP contribution in [-0.4, -0.2) is 93.5 Å². The Morgan fingerprint density at radius 2 is 1.09 bits per heavy atom. The van der Waals surface area contributed by atoms with E-state index < -0.39 is 24.1 Å². The predicted molar refractivity (Wildman–Crippen MR) is 33.0 cm³/mol. The molecule has 0 amide bonds. The number of aliphatic carboxylic acids is 2. The maximum atomic E-state index is 9.77. The maximum Gasteiger partial charge on any atom is 0.335 e. The standard InChI is InChI=1S/C4H6O6.Ba/c5-1(3(7)8)2(6)4(9)10;/h1-2,5-6H,(H,7,8)(H,9,10);/t1-,2-;/m1./s1. The van der Waals surface area contributed by atoms with Gasteiger partial charge >= 0.3 is 11.9 Å². The number of hydrogen-bond donors (Lipinski definition) is 4. The largest absolute Gasteiger partial charge is 0.479 e. The van der Waals surface area contributed by atoms with Crippen molar-refractivity contribution < 1.29 is 30.0 Å². The van der Waals surface area contributed by atoms with E-state index in [0.29, 0.717) is 0 Å². The fourth-order valence-corrected chi connectivity index (χ4v) is 0.270.